The number of pyridine rings is 1. The largest absolute Gasteiger partial charge is 0.344 e. The summed E-state index contributed by atoms with van der Waals surface area (Å²) in [5, 5.41) is 8.89. The molecule has 0 fully saturated rings. The van der Waals surface area contributed by atoms with E-state index >= 15 is 0 Å². The minimum atomic E-state index is -0.697. The third-order valence-corrected chi connectivity index (χ3v) is 3.66. The summed E-state index contributed by atoms with van der Waals surface area (Å²) >= 11 is 0. The predicted molar refractivity (Wildman–Crippen MR) is 85.7 cm³/mol. The minimum Gasteiger partial charge on any atom is -0.344 e. The van der Waals surface area contributed by atoms with E-state index in [0.29, 0.717) is 11.7 Å². The van der Waals surface area contributed by atoms with Crippen molar-refractivity contribution < 1.29 is 9.32 Å². The van der Waals surface area contributed by atoms with Crippen molar-refractivity contribution >= 4 is 16.7 Å². The van der Waals surface area contributed by atoms with Crippen LogP contribution in [0.15, 0.2) is 41.2 Å². The topological polar surface area (TPSA) is 80.9 Å². The molecule has 6 heteroatoms. The number of amides is 1. The number of hydrogen-bond acceptors (Lipinski definition) is 5. The number of aromatic nitrogens is 3. The summed E-state index contributed by atoms with van der Waals surface area (Å²) < 4.78 is 4.99. The molecule has 23 heavy (non-hydrogen) atoms. The summed E-state index contributed by atoms with van der Waals surface area (Å²) in [6.07, 6.45) is 3.79. The van der Waals surface area contributed by atoms with Crippen LogP contribution in [-0.2, 0) is 16.8 Å². The van der Waals surface area contributed by atoms with E-state index in [1.807, 2.05) is 38.1 Å². The highest BCUT2D eigenvalue weighted by Gasteiger charge is 2.28. The fraction of sp³-hybridized carbons (Fsp3) is 0.294. The number of nitrogens with zero attached hydrogens (tertiary/aromatic N) is 3. The zero-order valence-electron chi connectivity index (χ0n) is 13.3. The molecule has 0 aliphatic carbocycles. The number of carbonyl (C=O) groups is 1. The van der Waals surface area contributed by atoms with Gasteiger partial charge < -0.3 is 9.84 Å². The standard InChI is InChI=1S/C17H18N4O2/c1-11-19-16(21-23-11)17(2,3)20-15(22)9-13-6-4-5-12-7-8-18-10-14(12)13/h4-8,10H,9H2,1-3H3,(H,20,22). The number of carbonyl (C=O) groups excluding carboxylic acids is 1. The molecule has 0 atom stereocenters. The van der Waals surface area contributed by atoms with Crippen LogP contribution in [0.5, 0.6) is 0 Å². The maximum absolute atomic E-state index is 12.4. The molecule has 0 saturated heterocycles. The van der Waals surface area contributed by atoms with E-state index in [2.05, 4.69) is 20.4 Å². The Morgan fingerprint density at radius 3 is 2.87 bits per heavy atom. The fourth-order valence-electron chi connectivity index (χ4n) is 2.51. The predicted octanol–water partition coefficient (Wildman–Crippen LogP) is 2.52. The Bertz CT molecular complexity index is 849. The van der Waals surface area contributed by atoms with Crippen LogP contribution in [0, 0.1) is 6.92 Å². The van der Waals surface area contributed by atoms with Crippen LogP contribution in [-0.4, -0.2) is 21.0 Å². The molecule has 3 rings (SSSR count). The van der Waals surface area contributed by atoms with Crippen LogP contribution in [0.2, 0.25) is 0 Å². The molecule has 0 aliphatic heterocycles. The van der Waals surface area contributed by atoms with Crippen molar-refractivity contribution in [2.45, 2.75) is 32.7 Å². The molecule has 2 aromatic heterocycles. The molecule has 6 nitrogen and oxygen atoms in total. The first-order chi connectivity index (χ1) is 11.0. The normalized spacial score (nSPS) is 11.6. The Hall–Kier alpha value is -2.76. The lowest BCUT2D eigenvalue weighted by atomic mass is 10.0. The number of benzene rings is 1. The van der Waals surface area contributed by atoms with Crippen LogP contribution < -0.4 is 5.32 Å². The second-order valence-corrected chi connectivity index (χ2v) is 6.00. The summed E-state index contributed by atoms with van der Waals surface area (Å²) in [6, 6.07) is 7.82. The lowest BCUT2D eigenvalue weighted by molar-refractivity contribution is -0.122. The van der Waals surface area contributed by atoms with Crippen LogP contribution in [0.3, 0.4) is 0 Å². The van der Waals surface area contributed by atoms with Gasteiger partial charge in [0.15, 0.2) is 5.82 Å². The van der Waals surface area contributed by atoms with Gasteiger partial charge in [-0.1, -0.05) is 23.4 Å². The molecule has 1 aromatic carbocycles. The zero-order chi connectivity index (χ0) is 16.4. The van der Waals surface area contributed by atoms with Gasteiger partial charge in [-0.25, -0.2) is 0 Å². The zero-order valence-corrected chi connectivity index (χ0v) is 13.3. The molecule has 0 radical (unpaired) electrons. The maximum atomic E-state index is 12.4. The monoisotopic (exact) mass is 310 g/mol. The van der Waals surface area contributed by atoms with E-state index in [0.717, 1.165) is 16.3 Å². The van der Waals surface area contributed by atoms with E-state index in [-0.39, 0.29) is 12.3 Å². The molecule has 1 amide bonds. The van der Waals surface area contributed by atoms with E-state index < -0.39 is 5.54 Å². The van der Waals surface area contributed by atoms with Gasteiger partial charge in [-0.15, -0.1) is 0 Å². The molecule has 0 unspecified atom stereocenters. The third-order valence-electron chi connectivity index (χ3n) is 3.66. The first-order valence-corrected chi connectivity index (χ1v) is 7.39. The van der Waals surface area contributed by atoms with Gasteiger partial charge >= 0.3 is 0 Å². The second kappa shape index (κ2) is 5.79. The van der Waals surface area contributed by atoms with Crippen molar-refractivity contribution in [2.75, 3.05) is 0 Å². The van der Waals surface area contributed by atoms with Gasteiger partial charge in [0.2, 0.25) is 11.8 Å². The second-order valence-electron chi connectivity index (χ2n) is 6.00. The maximum Gasteiger partial charge on any atom is 0.225 e. The molecule has 0 bridgehead atoms. The number of rotatable bonds is 4. The van der Waals surface area contributed by atoms with Crippen molar-refractivity contribution in [1.82, 2.24) is 20.4 Å². The third kappa shape index (κ3) is 3.21. The summed E-state index contributed by atoms with van der Waals surface area (Å²) in [5.74, 6) is 0.833. The Balaban J connectivity index is 1.79. The molecule has 0 spiro atoms. The van der Waals surface area contributed by atoms with Gasteiger partial charge in [-0.3, -0.25) is 9.78 Å². The Kier molecular flexibility index (Phi) is 3.82. The fourth-order valence-corrected chi connectivity index (χ4v) is 2.51. The molecule has 2 heterocycles. The Morgan fingerprint density at radius 2 is 2.13 bits per heavy atom. The van der Waals surface area contributed by atoms with Crippen molar-refractivity contribution in [3.8, 4) is 0 Å². The Labute approximate surface area is 133 Å². The van der Waals surface area contributed by atoms with Gasteiger partial charge in [0.1, 0.15) is 0 Å². The van der Waals surface area contributed by atoms with Gasteiger partial charge in [0.25, 0.3) is 0 Å². The van der Waals surface area contributed by atoms with Crippen molar-refractivity contribution in [3.63, 3.8) is 0 Å². The molecule has 1 N–H and O–H groups in total. The van der Waals surface area contributed by atoms with Crippen LogP contribution in [0.1, 0.15) is 31.1 Å². The number of nitrogens with one attached hydrogen (secondary N) is 1. The van der Waals surface area contributed by atoms with Gasteiger partial charge in [-0.2, -0.15) is 4.98 Å². The summed E-state index contributed by atoms with van der Waals surface area (Å²) in [4.78, 5) is 20.8. The summed E-state index contributed by atoms with van der Waals surface area (Å²) in [6.45, 7) is 5.41. The number of hydrogen-bond donors (Lipinski definition) is 1. The highest BCUT2D eigenvalue weighted by molar-refractivity contribution is 5.89. The minimum absolute atomic E-state index is 0.103. The first-order valence-electron chi connectivity index (χ1n) is 7.39. The van der Waals surface area contributed by atoms with Gasteiger partial charge in [0, 0.05) is 24.7 Å². The molecule has 0 aliphatic rings. The SMILES string of the molecule is Cc1nc(C(C)(C)NC(=O)Cc2cccc3ccncc23)no1. The quantitative estimate of drug-likeness (QED) is 0.801. The van der Waals surface area contributed by atoms with Gasteiger partial charge in [0.05, 0.1) is 12.0 Å². The van der Waals surface area contributed by atoms with E-state index in [9.17, 15) is 4.79 Å². The van der Waals surface area contributed by atoms with E-state index in [1.54, 1.807) is 19.3 Å². The average molecular weight is 310 g/mol. The van der Waals surface area contributed by atoms with E-state index in [1.165, 1.54) is 0 Å². The lowest BCUT2D eigenvalue weighted by Gasteiger charge is -2.22. The molecular weight excluding hydrogens is 292 g/mol. The van der Waals surface area contributed by atoms with Crippen LogP contribution in [0.4, 0.5) is 0 Å². The van der Waals surface area contributed by atoms with Crippen molar-refractivity contribution in [3.05, 3.63) is 53.9 Å². The van der Waals surface area contributed by atoms with Crippen molar-refractivity contribution in [1.29, 1.82) is 0 Å². The molecule has 118 valence electrons. The lowest BCUT2D eigenvalue weighted by Crippen LogP contribution is -2.42. The molecular formula is C17H18N4O2. The van der Waals surface area contributed by atoms with Crippen LogP contribution >= 0.6 is 0 Å². The summed E-state index contributed by atoms with van der Waals surface area (Å²) in [7, 11) is 0. The van der Waals surface area contributed by atoms with Gasteiger partial charge in [-0.05, 0) is 30.9 Å². The smallest absolute Gasteiger partial charge is 0.225 e. The highest BCUT2D eigenvalue weighted by atomic mass is 16.5. The van der Waals surface area contributed by atoms with Crippen molar-refractivity contribution in [2.24, 2.45) is 0 Å². The summed E-state index contributed by atoms with van der Waals surface area (Å²) in [5.41, 5.74) is 0.241. The van der Waals surface area contributed by atoms with E-state index in [4.69, 9.17) is 4.52 Å². The number of fused-ring (bicyclic) bond motifs is 1. The Morgan fingerprint density at radius 1 is 1.30 bits per heavy atom. The van der Waals surface area contributed by atoms with Crippen LogP contribution in [0.25, 0.3) is 10.8 Å². The average Bonchev–Trinajstić information content (AvgIpc) is 2.95. The molecule has 3 aromatic rings. The highest BCUT2D eigenvalue weighted by Crippen LogP contribution is 2.20. The number of aryl methyl sites for hydroxylation is 1. The molecule has 0 saturated carbocycles. The first kappa shape index (κ1) is 15.1.